The maximum absolute atomic E-state index is 5.91. The van der Waals surface area contributed by atoms with Gasteiger partial charge in [-0.1, -0.05) is 29.8 Å². The predicted octanol–water partition coefficient (Wildman–Crippen LogP) is 2.57. The molecule has 0 aliphatic heterocycles. The molecule has 1 aromatic heterocycles. The molecule has 0 spiro atoms. The molecular formula is C16H23N3. The number of nitrogens with zero attached hydrogens (tertiary/aromatic N) is 2. The molecule has 0 saturated carbocycles. The summed E-state index contributed by atoms with van der Waals surface area (Å²) in [5.74, 6) is 0.484. The third kappa shape index (κ3) is 3.93. The first kappa shape index (κ1) is 13.8. The Kier molecular flexibility index (Phi) is 4.74. The van der Waals surface area contributed by atoms with Crippen molar-refractivity contribution in [2.24, 2.45) is 11.7 Å². The molecule has 0 radical (unpaired) electrons. The number of benzene rings is 1. The highest BCUT2D eigenvalue weighted by molar-refractivity contribution is 5.22. The van der Waals surface area contributed by atoms with Crippen molar-refractivity contribution < 1.29 is 0 Å². The van der Waals surface area contributed by atoms with Crippen molar-refractivity contribution in [1.29, 1.82) is 0 Å². The van der Waals surface area contributed by atoms with Crippen molar-refractivity contribution in [2.45, 2.75) is 33.2 Å². The van der Waals surface area contributed by atoms with Gasteiger partial charge >= 0.3 is 0 Å². The van der Waals surface area contributed by atoms with Crippen LogP contribution in [0.25, 0.3) is 0 Å². The van der Waals surface area contributed by atoms with Crippen LogP contribution in [-0.4, -0.2) is 16.3 Å². The Morgan fingerprint density at radius 2 is 1.84 bits per heavy atom. The summed E-state index contributed by atoms with van der Waals surface area (Å²) in [4.78, 5) is 0. The summed E-state index contributed by atoms with van der Waals surface area (Å²) in [5, 5.41) is 4.32. The zero-order chi connectivity index (χ0) is 13.7. The topological polar surface area (TPSA) is 43.8 Å². The van der Waals surface area contributed by atoms with Gasteiger partial charge in [0.05, 0.1) is 6.20 Å². The molecule has 1 heterocycles. The van der Waals surface area contributed by atoms with Crippen molar-refractivity contribution in [3.63, 3.8) is 0 Å². The van der Waals surface area contributed by atoms with Crippen LogP contribution >= 0.6 is 0 Å². The van der Waals surface area contributed by atoms with Crippen LogP contribution in [0.1, 0.15) is 23.6 Å². The van der Waals surface area contributed by atoms with E-state index in [2.05, 4.69) is 49.4 Å². The van der Waals surface area contributed by atoms with E-state index in [9.17, 15) is 0 Å². The Labute approximate surface area is 115 Å². The number of nitrogens with two attached hydrogens (primary N) is 1. The van der Waals surface area contributed by atoms with Crippen molar-refractivity contribution in [3.8, 4) is 0 Å². The van der Waals surface area contributed by atoms with Crippen LogP contribution in [0, 0.1) is 12.8 Å². The molecule has 0 fully saturated rings. The second kappa shape index (κ2) is 6.53. The molecule has 3 heteroatoms. The lowest BCUT2D eigenvalue weighted by atomic mass is 9.93. The normalized spacial score (nSPS) is 12.6. The van der Waals surface area contributed by atoms with Crippen LogP contribution in [0.15, 0.2) is 36.7 Å². The smallest absolute Gasteiger partial charge is 0.0521 e. The molecule has 2 aromatic rings. The molecular weight excluding hydrogens is 234 g/mol. The standard InChI is InChI=1S/C16H23N3/c1-3-19-12-16(11-18-19)9-15(10-17)8-14-6-4-13(2)5-7-14/h4-7,11-12,15H,3,8-10,17H2,1-2H3. The Morgan fingerprint density at radius 3 is 2.42 bits per heavy atom. The third-order valence-electron chi connectivity index (χ3n) is 3.51. The fraction of sp³-hybridized carbons (Fsp3) is 0.438. The van der Waals surface area contributed by atoms with Crippen LogP contribution < -0.4 is 5.73 Å². The van der Waals surface area contributed by atoms with E-state index >= 15 is 0 Å². The van der Waals surface area contributed by atoms with Gasteiger partial charge < -0.3 is 5.73 Å². The molecule has 0 aliphatic carbocycles. The summed E-state index contributed by atoms with van der Waals surface area (Å²) in [5.41, 5.74) is 9.86. The molecule has 1 unspecified atom stereocenters. The highest BCUT2D eigenvalue weighted by Crippen LogP contribution is 2.14. The molecule has 0 aliphatic rings. The van der Waals surface area contributed by atoms with Gasteiger partial charge in [-0.05, 0) is 50.3 Å². The Balaban J connectivity index is 1.98. The number of hydrogen-bond donors (Lipinski definition) is 1. The first-order chi connectivity index (χ1) is 9.21. The summed E-state index contributed by atoms with van der Waals surface area (Å²) in [7, 11) is 0. The minimum absolute atomic E-state index is 0.484. The van der Waals surface area contributed by atoms with Gasteiger partial charge in [0.1, 0.15) is 0 Å². The van der Waals surface area contributed by atoms with Crippen molar-refractivity contribution in [3.05, 3.63) is 53.3 Å². The average molecular weight is 257 g/mol. The lowest BCUT2D eigenvalue weighted by Gasteiger charge is -2.13. The predicted molar refractivity (Wildman–Crippen MR) is 79.0 cm³/mol. The zero-order valence-electron chi connectivity index (χ0n) is 11.8. The van der Waals surface area contributed by atoms with Crippen molar-refractivity contribution >= 4 is 0 Å². The fourth-order valence-electron chi connectivity index (χ4n) is 2.31. The van der Waals surface area contributed by atoms with Gasteiger partial charge in [0.25, 0.3) is 0 Å². The van der Waals surface area contributed by atoms with Crippen molar-refractivity contribution in [1.82, 2.24) is 9.78 Å². The fourth-order valence-corrected chi connectivity index (χ4v) is 2.31. The van der Waals surface area contributed by atoms with Crippen molar-refractivity contribution in [2.75, 3.05) is 6.54 Å². The molecule has 19 heavy (non-hydrogen) atoms. The summed E-state index contributed by atoms with van der Waals surface area (Å²) < 4.78 is 1.97. The van der Waals surface area contributed by atoms with Crippen LogP contribution in [0.3, 0.4) is 0 Å². The average Bonchev–Trinajstić information content (AvgIpc) is 2.88. The van der Waals surface area contributed by atoms with E-state index in [1.54, 1.807) is 0 Å². The Bertz CT molecular complexity index is 499. The van der Waals surface area contributed by atoms with E-state index < -0.39 is 0 Å². The molecule has 1 aromatic carbocycles. The molecule has 2 rings (SSSR count). The van der Waals surface area contributed by atoms with Gasteiger partial charge in [-0.25, -0.2) is 0 Å². The molecule has 102 valence electrons. The lowest BCUT2D eigenvalue weighted by Crippen LogP contribution is -2.19. The molecule has 2 N–H and O–H groups in total. The second-order valence-electron chi connectivity index (χ2n) is 5.20. The molecule has 0 bridgehead atoms. The first-order valence-electron chi connectivity index (χ1n) is 6.98. The number of aryl methyl sites for hydroxylation is 2. The van der Waals surface area contributed by atoms with E-state index in [0.717, 1.165) is 19.4 Å². The van der Waals surface area contributed by atoms with E-state index in [-0.39, 0.29) is 0 Å². The Hall–Kier alpha value is -1.61. The summed E-state index contributed by atoms with van der Waals surface area (Å²) in [6.07, 6.45) is 6.12. The van der Waals surface area contributed by atoms with Crippen LogP contribution in [0.2, 0.25) is 0 Å². The van der Waals surface area contributed by atoms with Crippen LogP contribution in [-0.2, 0) is 19.4 Å². The van der Waals surface area contributed by atoms with Crippen LogP contribution in [0.5, 0.6) is 0 Å². The maximum Gasteiger partial charge on any atom is 0.0521 e. The molecule has 3 nitrogen and oxygen atoms in total. The maximum atomic E-state index is 5.91. The van der Waals surface area contributed by atoms with E-state index in [0.29, 0.717) is 12.5 Å². The Morgan fingerprint density at radius 1 is 1.16 bits per heavy atom. The summed E-state index contributed by atoms with van der Waals surface area (Å²) in [6, 6.07) is 8.73. The SMILES string of the molecule is CCn1cc(CC(CN)Cc2ccc(C)cc2)cn1. The third-order valence-corrected chi connectivity index (χ3v) is 3.51. The van der Waals surface area contributed by atoms with E-state index in [4.69, 9.17) is 5.73 Å². The summed E-state index contributed by atoms with van der Waals surface area (Å²) >= 11 is 0. The number of aromatic nitrogens is 2. The van der Waals surface area contributed by atoms with E-state index in [1.165, 1.54) is 16.7 Å². The van der Waals surface area contributed by atoms with Gasteiger partial charge in [-0.3, -0.25) is 4.68 Å². The molecule has 0 saturated heterocycles. The highest BCUT2D eigenvalue weighted by atomic mass is 15.3. The first-order valence-corrected chi connectivity index (χ1v) is 6.98. The summed E-state index contributed by atoms with van der Waals surface area (Å²) in [6.45, 7) is 5.85. The quantitative estimate of drug-likeness (QED) is 0.864. The second-order valence-corrected chi connectivity index (χ2v) is 5.20. The van der Waals surface area contributed by atoms with Gasteiger partial charge in [-0.15, -0.1) is 0 Å². The molecule has 1 atom stereocenters. The van der Waals surface area contributed by atoms with Gasteiger partial charge in [-0.2, -0.15) is 5.10 Å². The van der Waals surface area contributed by atoms with Crippen LogP contribution in [0.4, 0.5) is 0 Å². The zero-order valence-corrected chi connectivity index (χ0v) is 11.8. The monoisotopic (exact) mass is 257 g/mol. The minimum atomic E-state index is 0.484. The van der Waals surface area contributed by atoms with E-state index in [1.807, 2.05) is 10.9 Å². The minimum Gasteiger partial charge on any atom is -0.330 e. The van der Waals surface area contributed by atoms with Gasteiger partial charge in [0, 0.05) is 12.7 Å². The highest BCUT2D eigenvalue weighted by Gasteiger charge is 2.10. The number of rotatable bonds is 6. The van der Waals surface area contributed by atoms with Gasteiger partial charge in [0.15, 0.2) is 0 Å². The lowest BCUT2D eigenvalue weighted by molar-refractivity contribution is 0.533. The largest absolute Gasteiger partial charge is 0.330 e. The molecule has 0 amide bonds. The van der Waals surface area contributed by atoms with Gasteiger partial charge in [0.2, 0.25) is 0 Å². The number of hydrogen-bond acceptors (Lipinski definition) is 2.